The van der Waals surface area contributed by atoms with E-state index in [1.807, 2.05) is 0 Å². The number of hydrogen-bond donors (Lipinski definition) is 3. The van der Waals surface area contributed by atoms with Crippen LogP contribution < -0.4 is 15.8 Å². The summed E-state index contributed by atoms with van der Waals surface area (Å²) in [5.41, 5.74) is 5.92. The Hall–Kier alpha value is -1.15. The molecule has 0 aliphatic rings. The van der Waals surface area contributed by atoms with E-state index >= 15 is 0 Å². The number of hydrogen-bond acceptors (Lipinski definition) is 4. The monoisotopic (exact) mass is 363 g/mol. The van der Waals surface area contributed by atoms with Gasteiger partial charge < -0.3 is 11.1 Å². The Kier molecular flexibility index (Phi) is 7.69. The second-order valence-electron chi connectivity index (χ2n) is 6.46. The van der Waals surface area contributed by atoms with E-state index in [2.05, 4.69) is 10.0 Å². The second-order valence-corrected chi connectivity index (χ2v) is 8.11. The van der Waals surface area contributed by atoms with E-state index in [0.29, 0.717) is 11.3 Å². The van der Waals surface area contributed by atoms with Crippen molar-refractivity contribution in [1.29, 1.82) is 0 Å². The maximum atomic E-state index is 12.5. The molecule has 0 aromatic heterocycles. The number of nitrogens with one attached hydrogen (secondary N) is 2. The highest BCUT2D eigenvalue weighted by Gasteiger charge is 2.24. The number of amides is 1. The summed E-state index contributed by atoms with van der Waals surface area (Å²) in [5, 5.41) is 2.68. The lowest BCUT2D eigenvalue weighted by Gasteiger charge is -2.21. The molecule has 0 radical (unpaired) electrons. The zero-order valence-electron chi connectivity index (χ0n) is 14.1. The first-order valence-electron chi connectivity index (χ1n) is 7.12. The van der Waals surface area contributed by atoms with Crippen molar-refractivity contribution in [1.82, 2.24) is 4.72 Å². The molecule has 132 valence electrons. The molecule has 0 spiro atoms. The summed E-state index contributed by atoms with van der Waals surface area (Å²) in [6.45, 7) is 8.97. The smallest absolute Gasteiger partial charge is 0.241 e. The Morgan fingerprint density at radius 3 is 2.35 bits per heavy atom. The number of anilines is 1. The van der Waals surface area contributed by atoms with Crippen molar-refractivity contribution in [2.45, 2.75) is 45.1 Å². The fourth-order valence-corrected chi connectivity index (χ4v) is 3.49. The molecule has 0 aliphatic heterocycles. The first-order valence-corrected chi connectivity index (χ1v) is 8.60. The molecule has 6 nitrogen and oxygen atoms in total. The average Bonchev–Trinajstić information content (AvgIpc) is 2.36. The third-order valence-electron chi connectivity index (χ3n) is 2.99. The molecule has 0 saturated carbocycles. The number of carbonyl (C=O) groups excluding carboxylic acids is 1. The normalized spacial score (nSPS) is 13.1. The standard InChI is InChI=1S/C15H25N3O3S.ClH/c1-10-6-7-12(17-14(19)11(2)9-16)8-13(10)22(20,21)18-15(3,4)5;/h6-8,11,18H,9,16H2,1-5H3,(H,17,19);1H. The zero-order chi connectivity index (χ0) is 17.1. The summed E-state index contributed by atoms with van der Waals surface area (Å²) < 4.78 is 27.5. The second kappa shape index (κ2) is 8.10. The topological polar surface area (TPSA) is 101 Å². The molecular formula is C15H26ClN3O3S. The third-order valence-corrected chi connectivity index (χ3v) is 4.89. The fraction of sp³-hybridized carbons (Fsp3) is 0.533. The quantitative estimate of drug-likeness (QED) is 0.744. The summed E-state index contributed by atoms with van der Waals surface area (Å²) in [6, 6.07) is 4.80. The minimum absolute atomic E-state index is 0. The Morgan fingerprint density at radius 1 is 1.30 bits per heavy atom. The molecule has 1 aromatic carbocycles. The van der Waals surface area contributed by atoms with Crippen LogP contribution >= 0.6 is 12.4 Å². The number of benzene rings is 1. The van der Waals surface area contributed by atoms with Crippen molar-refractivity contribution in [3.05, 3.63) is 23.8 Å². The molecule has 1 aromatic rings. The van der Waals surface area contributed by atoms with Gasteiger partial charge in [0.05, 0.1) is 4.90 Å². The molecule has 0 heterocycles. The Bertz CT molecular complexity index is 654. The van der Waals surface area contributed by atoms with Gasteiger partial charge in [0.2, 0.25) is 15.9 Å². The van der Waals surface area contributed by atoms with Crippen molar-refractivity contribution in [3.63, 3.8) is 0 Å². The molecule has 0 saturated heterocycles. The molecule has 0 fully saturated rings. The van der Waals surface area contributed by atoms with E-state index in [4.69, 9.17) is 5.73 Å². The van der Waals surface area contributed by atoms with Gasteiger partial charge in [0.25, 0.3) is 0 Å². The summed E-state index contributed by atoms with van der Waals surface area (Å²) in [7, 11) is -3.66. The number of nitrogens with two attached hydrogens (primary N) is 1. The van der Waals surface area contributed by atoms with Crippen LogP contribution in [-0.4, -0.2) is 26.4 Å². The number of aryl methyl sites for hydroxylation is 1. The molecule has 4 N–H and O–H groups in total. The van der Waals surface area contributed by atoms with E-state index in [1.54, 1.807) is 46.8 Å². The van der Waals surface area contributed by atoms with Gasteiger partial charge >= 0.3 is 0 Å². The summed E-state index contributed by atoms with van der Waals surface area (Å²) in [4.78, 5) is 12.0. The van der Waals surface area contributed by atoms with Gasteiger partial charge in [-0.15, -0.1) is 12.4 Å². The van der Waals surface area contributed by atoms with Crippen LogP contribution in [0, 0.1) is 12.8 Å². The molecule has 0 aliphatic carbocycles. The molecule has 1 rings (SSSR count). The molecular weight excluding hydrogens is 338 g/mol. The van der Waals surface area contributed by atoms with Crippen molar-refractivity contribution < 1.29 is 13.2 Å². The van der Waals surface area contributed by atoms with Crippen molar-refractivity contribution in [2.24, 2.45) is 11.7 Å². The van der Waals surface area contributed by atoms with Gasteiger partial charge in [0.1, 0.15) is 0 Å². The van der Waals surface area contributed by atoms with Crippen molar-refractivity contribution in [2.75, 3.05) is 11.9 Å². The minimum Gasteiger partial charge on any atom is -0.330 e. The van der Waals surface area contributed by atoms with Gasteiger partial charge in [0.15, 0.2) is 0 Å². The van der Waals surface area contributed by atoms with Crippen LogP contribution in [0.15, 0.2) is 23.1 Å². The number of carbonyl (C=O) groups is 1. The predicted molar refractivity (Wildman–Crippen MR) is 95.3 cm³/mol. The maximum Gasteiger partial charge on any atom is 0.241 e. The van der Waals surface area contributed by atoms with Gasteiger partial charge in [-0.1, -0.05) is 13.0 Å². The van der Waals surface area contributed by atoms with Crippen molar-refractivity contribution in [3.8, 4) is 0 Å². The Labute approximate surface area is 144 Å². The van der Waals surface area contributed by atoms with Crippen LogP contribution in [0.5, 0.6) is 0 Å². The molecule has 0 bridgehead atoms. The zero-order valence-corrected chi connectivity index (χ0v) is 15.8. The number of sulfonamides is 1. The van der Waals surface area contributed by atoms with Gasteiger partial charge in [-0.25, -0.2) is 13.1 Å². The first kappa shape index (κ1) is 21.9. The van der Waals surface area contributed by atoms with E-state index in [0.717, 1.165) is 0 Å². The molecule has 1 amide bonds. The van der Waals surface area contributed by atoms with Gasteiger partial charge in [-0.3, -0.25) is 4.79 Å². The number of halogens is 1. The van der Waals surface area contributed by atoms with E-state index < -0.39 is 15.6 Å². The minimum atomic E-state index is -3.66. The first-order chi connectivity index (χ1) is 9.96. The van der Waals surface area contributed by atoms with Crippen LogP contribution in [0.4, 0.5) is 5.69 Å². The summed E-state index contributed by atoms with van der Waals surface area (Å²) in [5.74, 6) is -0.576. The predicted octanol–water partition coefficient (Wildman–Crippen LogP) is 2.03. The van der Waals surface area contributed by atoms with Crippen molar-refractivity contribution >= 4 is 34.0 Å². The lowest BCUT2D eigenvalue weighted by atomic mass is 10.1. The fourth-order valence-electron chi connectivity index (χ4n) is 1.80. The van der Waals surface area contributed by atoms with Crippen LogP contribution in [0.3, 0.4) is 0 Å². The molecule has 8 heteroatoms. The summed E-state index contributed by atoms with van der Waals surface area (Å²) in [6.07, 6.45) is 0. The third kappa shape index (κ3) is 6.47. The van der Waals surface area contributed by atoms with Gasteiger partial charge in [-0.2, -0.15) is 0 Å². The highest BCUT2D eigenvalue weighted by Crippen LogP contribution is 2.22. The van der Waals surface area contributed by atoms with Gasteiger partial charge in [-0.05, 0) is 45.4 Å². The molecule has 23 heavy (non-hydrogen) atoms. The highest BCUT2D eigenvalue weighted by atomic mass is 35.5. The van der Waals surface area contributed by atoms with E-state index in [-0.39, 0.29) is 35.7 Å². The maximum absolute atomic E-state index is 12.5. The number of rotatable bonds is 5. The van der Waals surface area contributed by atoms with E-state index in [9.17, 15) is 13.2 Å². The lowest BCUT2D eigenvalue weighted by Crippen LogP contribution is -2.40. The Balaban J connectivity index is 0.00000484. The molecule has 1 unspecified atom stereocenters. The average molecular weight is 364 g/mol. The van der Waals surface area contributed by atoms with E-state index in [1.165, 1.54) is 6.07 Å². The van der Waals surface area contributed by atoms with Crippen LogP contribution in [0.1, 0.15) is 33.3 Å². The van der Waals surface area contributed by atoms with Crippen LogP contribution in [0.25, 0.3) is 0 Å². The SMILES string of the molecule is Cc1ccc(NC(=O)C(C)CN)cc1S(=O)(=O)NC(C)(C)C.Cl. The van der Waals surface area contributed by atoms with Crippen LogP contribution in [-0.2, 0) is 14.8 Å². The lowest BCUT2D eigenvalue weighted by molar-refractivity contribution is -0.119. The summed E-state index contributed by atoms with van der Waals surface area (Å²) >= 11 is 0. The molecule has 1 atom stereocenters. The highest BCUT2D eigenvalue weighted by molar-refractivity contribution is 7.89. The van der Waals surface area contributed by atoms with Gasteiger partial charge in [0, 0.05) is 23.7 Å². The Morgan fingerprint density at radius 2 is 1.87 bits per heavy atom. The largest absolute Gasteiger partial charge is 0.330 e. The van der Waals surface area contributed by atoms with Crippen LogP contribution in [0.2, 0.25) is 0 Å².